The van der Waals surface area contributed by atoms with Crippen molar-refractivity contribution in [1.82, 2.24) is 15.2 Å². The summed E-state index contributed by atoms with van der Waals surface area (Å²) in [6.07, 6.45) is 0. The van der Waals surface area contributed by atoms with Gasteiger partial charge in [0.25, 0.3) is 5.91 Å². The maximum Gasteiger partial charge on any atom is 0.251 e. The molecule has 0 spiro atoms. The van der Waals surface area contributed by atoms with Gasteiger partial charge in [0.1, 0.15) is 0 Å². The first-order chi connectivity index (χ1) is 10.2. The van der Waals surface area contributed by atoms with E-state index in [4.69, 9.17) is 16.3 Å². The van der Waals surface area contributed by atoms with Gasteiger partial charge in [-0.15, -0.1) is 11.3 Å². The average molecular weight is 326 g/mol. The molecule has 7 heteroatoms. The van der Waals surface area contributed by atoms with Crippen LogP contribution in [-0.4, -0.2) is 55.2 Å². The monoisotopic (exact) mass is 325 g/mol. The maximum atomic E-state index is 12.1. The number of benzene rings is 1. The van der Waals surface area contributed by atoms with Crippen LogP contribution in [0.2, 0.25) is 4.47 Å². The van der Waals surface area contributed by atoms with Crippen molar-refractivity contribution in [3.8, 4) is 0 Å². The molecule has 1 saturated heterocycles. The zero-order valence-corrected chi connectivity index (χ0v) is 13.0. The van der Waals surface area contributed by atoms with Crippen LogP contribution < -0.4 is 5.32 Å². The molecule has 1 fully saturated rings. The SMILES string of the molecule is O=C(NCCN1CCOCC1)c1ccc2sc(Cl)nc2c1. The molecule has 5 nitrogen and oxygen atoms in total. The Morgan fingerprint density at radius 2 is 2.24 bits per heavy atom. The minimum Gasteiger partial charge on any atom is -0.379 e. The number of nitrogens with one attached hydrogen (secondary N) is 1. The normalized spacial score (nSPS) is 16.2. The predicted octanol–water partition coefficient (Wildman–Crippen LogP) is 2.01. The van der Waals surface area contributed by atoms with E-state index in [1.807, 2.05) is 6.07 Å². The number of amides is 1. The van der Waals surface area contributed by atoms with E-state index in [2.05, 4.69) is 15.2 Å². The molecule has 1 N–H and O–H groups in total. The Hall–Kier alpha value is -1.21. The molecule has 21 heavy (non-hydrogen) atoms. The van der Waals surface area contributed by atoms with Crippen LogP contribution in [-0.2, 0) is 4.74 Å². The van der Waals surface area contributed by atoms with Gasteiger partial charge in [-0.3, -0.25) is 9.69 Å². The second kappa shape index (κ2) is 6.70. The Morgan fingerprint density at radius 3 is 3.05 bits per heavy atom. The van der Waals surface area contributed by atoms with Crippen LogP contribution in [0.5, 0.6) is 0 Å². The van der Waals surface area contributed by atoms with Crippen LogP contribution >= 0.6 is 22.9 Å². The molecule has 2 heterocycles. The van der Waals surface area contributed by atoms with Crippen molar-refractivity contribution >= 4 is 39.1 Å². The number of hydrogen-bond acceptors (Lipinski definition) is 5. The molecule has 2 aromatic rings. The van der Waals surface area contributed by atoms with Crippen molar-refractivity contribution in [3.63, 3.8) is 0 Å². The molecule has 0 aliphatic carbocycles. The third-order valence-corrected chi connectivity index (χ3v) is 4.58. The third-order valence-electron chi connectivity index (χ3n) is 3.44. The summed E-state index contributed by atoms with van der Waals surface area (Å²) in [5, 5.41) is 2.94. The molecule has 1 amide bonds. The fourth-order valence-electron chi connectivity index (χ4n) is 2.29. The van der Waals surface area contributed by atoms with Crippen molar-refractivity contribution in [1.29, 1.82) is 0 Å². The quantitative estimate of drug-likeness (QED) is 0.934. The van der Waals surface area contributed by atoms with Crippen molar-refractivity contribution < 1.29 is 9.53 Å². The number of thiazole rings is 1. The zero-order valence-electron chi connectivity index (χ0n) is 11.5. The first-order valence-electron chi connectivity index (χ1n) is 6.87. The number of aromatic nitrogens is 1. The third kappa shape index (κ3) is 3.71. The van der Waals surface area contributed by atoms with Crippen molar-refractivity contribution in [2.75, 3.05) is 39.4 Å². The van der Waals surface area contributed by atoms with Crippen LogP contribution in [0.1, 0.15) is 10.4 Å². The number of ether oxygens (including phenoxy) is 1. The molecule has 0 radical (unpaired) electrons. The summed E-state index contributed by atoms with van der Waals surface area (Å²) in [6, 6.07) is 5.47. The van der Waals surface area contributed by atoms with E-state index in [9.17, 15) is 4.79 Å². The Kier molecular flexibility index (Phi) is 4.70. The summed E-state index contributed by atoms with van der Waals surface area (Å²) in [5.74, 6) is -0.0747. The number of rotatable bonds is 4. The number of carbonyl (C=O) groups is 1. The average Bonchev–Trinajstić information content (AvgIpc) is 2.87. The molecule has 1 aromatic heterocycles. The number of nitrogens with zero attached hydrogens (tertiary/aromatic N) is 2. The van der Waals surface area contributed by atoms with Crippen LogP contribution in [0.15, 0.2) is 18.2 Å². The first kappa shape index (κ1) is 14.7. The van der Waals surface area contributed by atoms with Crippen LogP contribution in [0.25, 0.3) is 10.2 Å². The molecule has 3 rings (SSSR count). The standard InChI is InChI=1S/C14H16ClN3O2S/c15-14-17-11-9-10(1-2-12(11)21-14)13(19)16-3-4-18-5-7-20-8-6-18/h1-2,9H,3-8H2,(H,16,19). The van der Waals surface area contributed by atoms with Crippen LogP contribution in [0.4, 0.5) is 0 Å². The van der Waals surface area contributed by atoms with E-state index < -0.39 is 0 Å². The lowest BCUT2D eigenvalue weighted by Crippen LogP contribution is -2.41. The fraction of sp³-hybridized carbons (Fsp3) is 0.429. The van der Waals surface area contributed by atoms with E-state index in [0.29, 0.717) is 16.6 Å². The van der Waals surface area contributed by atoms with Gasteiger partial charge in [-0.1, -0.05) is 11.6 Å². The number of fused-ring (bicyclic) bond motifs is 1. The molecule has 0 atom stereocenters. The second-order valence-electron chi connectivity index (χ2n) is 4.86. The lowest BCUT2D eigenvalue weighted by Gasteiger charge is -2.26. The highest BCUT2D eigenvalue weighted by molar-refractivity contribution is 7.22. The van der Waals surface area contributed by atoms with E-state index in [1.165, 1.54) is 11.3 Å². The van der Waals surface area contributed by atoms with Gasteiger partial charge in [0.15, 0.2) is 4.47 Å². The largest absolute Gasteiger partial charge is 0.379 e. The predicted molar refractivity (Wildman–Crippen MR) is 84.2 cm³/mol. The molecule has 1 aliphatic rings. The highest BCUT2D eigenvalue weighted by Crippen LogP contribution is 2.26. The molecule has 112 valence electrons. The highest BCUT2D eigenvalue weighted by atomic mass is 35.5. The molecular weight excluding hydrogens is 310 g/mol. The molecule has 0 saturated carbocycles. The molecule has 0 unspecified atom stereocenters. The van der Waals surface area contributed by atoms with Crippen LogP contribution in [0.3, 0.4) is 0 Å². The Bertz CT molecular complexity index is 640. The summed E-state index contributed by atoms with van der Waals surface area (Å²) >= 11 is 7.29. The van der Waals surface area contributed by atoms with Gasteiger partial charge < -0.3 is 10.1 Å². The molecule has 1 aliphatic heterocycles. The Labute approximate surface area is 131 Å². The number of carbonyl (C=O) groups excluding carboxylic acids is 1. The van der Waals surface area contributed by atoms with E-state index in [-0.39, 0.29) is 5.91 Å². The van der Waals surface area contributed by atoms with Gasteiger partial charge in [0, 0.05) is 31.7 Å². The lowest BCUT2D eigenvalue weighted by molar-refractivity contribution is 0.0383. The zero-order chi connectivity index (χ0) is 14.7. The number of morpholine rings is 1. The van der Waals surface area contributed by atoms with Crippen molar-refractivity contribution in [2.24, 2.45) is 0 Å². The minimum atomic E-state index is -0.0747. The summed E-state index contributed by atoms with van der Waals surface area (Å²) in [5.41, 5.74) is 1.39. The van der Waals surface area contributed by atoms with Crippen molar-refractivity contribution in [2.45, 2.75) is 0 Å². The fourth-order valence-corrected chi connectivity index (χ4v) is 3.31. The van der Waals surface area contributed by atoms with Gasteiger partial charge >= 0.3 is 0 Å². The topological polar surface area (TPSA) is 54.5 Å². The summed E-state index contributed by atoms with van der Waals surface area (Å²) in [4.78, 5) is 18.6. The Balaban J connectivity index is 1.55. The summed E-state index contributed by atoms with van der Waals surface area (Å²) in [6.45, 7) is 4.89. The van der Waals surface area contributed by atoms with Crippen molar-refractivity contribution in [3.05, 3.63) is 28.2 Å². The highest BCUT2D eigenvalue weighted by Gasteiger charge is 2.12. The molecule has 0 bridgehead atoms. The van der Waals surface area contributed by atoms with Crippen LogP contribution in [0, 0.1) is 0 Å². The number of hydrogen-bond donors (Lipinski definition) is 1. The van der Waals surface area contributed by atoms with E-state index in [0.717, 1.165) is 43.1 Å². The van der Waals surface area contributed by atoms with Gasteiger partial charge in [-0.05, 0) is 18.2 Å². The van der Waals surface area contributed by atoms with Gasteiger partial charge in [-0.25, -0.2) is 4.98 Å². The summed E-state index contributed by atoms with van der Waals surface area (Å²) in [7, 11) is 0. The molecule has 1 aromatic carbocycles. The maximum absolute atomic E-state index is 12.1. The van der Waals surface area contributed by atoms with E-state index in [1.54, 1.807) is 12.1 Å². The summed E-state index contributed by atoms with van der Waals surface area (Å²) < 4.78 is 6.78. The van der Waals surface area contributed by atoms with E-state index >= 15 is 0 Å². The first-order valence-corrected chi connectivity index (χ1v) is 8.06. The van der Waals surface area contributed by atoms with Gasteiger partial charge in [0.05, 0.1) is 23.4 Å². The molecular formula is C14H16ClN3O2S. The number of halogens is 1. The second-order valence-corrected chi connectivity index (χ2v) is 6.47. The lowest BCUT2D eigenvalue weighted by atomic mass is 10.2. The smallest absolute Gasteiger partial charge is 0.251 e. The van der Waals surface area contributed by atoms with Gasteiger partial charge in [-0.2, -0.15) is 0 Å². The van der Waals surface area contributed by atoms with Gasteiger partial charge in [0.2, 0.25) is 0 Å². The minimum absolute atomic E-state index is 0.0747. The Morgan fingerprint density at radius 1 is 1.43 bits per heavy atom.